The van der Waals surface area contributed by atoms with E-state index < -0.39 is 0 Å². The zero-order valence-corrected chi connectivity index (χ0v) is 15.4. The molecule has 1 fully saturated rings. The van der Waals surface area contributed by atoms with E-state index >= 15 is 0 Å². The van der Waals surface area contributed by atoms with E-state index in [4.69, 9.17) is 0 Å². The van der Waals surface area contributed by atoms with E-state index in [0.29, 0.717) is 12.5 Å². The molecule has 2 atom stereocenters. The molecule has 0 spiro atoms. The topological polar surface area (TPSA) is 46.9 Å². The summed E-state index contributed by atoms with van der Waals surface area (Å²) in [5.41, 5.74) is 4.66. The molecule has 0 radical (unpaired) electrons. The Morgan fingerprint density at radius 2 is 1.85 bits per heavy atom. The first-order valence-electron chi connectivity index (χ1n) is 9.17. The lowest BCUT2D eigenvalue weighted by molar-refractivity contribution is -0.117. The van der Waals surface area contributed by atoms with Crippen molar-refractivity contribution in [2.45, 2.75) is 32.7 Å². The highest BCUT2D eigenvalue weighted by Crippen LogP contribution is 2.48. The zero-order valence-electron chi connectivity index (χ0n) is 15.4. The number of hydrogen-bond donors (Lipinski definition) is 1. The van der Waals surface area contributed by atoms with Crippen molar-refractivity contribution in [3.63, 3.8) is 0 Å². The molecule has 2 unspecified atom stereocenters. The lowest BCUT2D eigenvalue weighted by Crippen LogP contribution is -2.16. The van der Waals surface area contributed by atoms with Gasteiger partial charge in [0.1, 0.15) is 5.82 Å². The Hall–Kier alpha value is -2.95. The van der Waals surface area contributed by atoms with Crippen LogP contribution in [0.15, 0.2) is 54.6 Å². The van der Waals surface area contributed by atoms with Crippen LogP contribution in [0.3, 0.4) is 0 Å². The van der Waals surface area contributed by atoms with E-state index in [0.717, 1.165) is 29.1 Å². The molecule has 1 N–H and O–H groups in total. The van der Waals surface area contributed by atoms with Crippen LogP contribution >= 0.6 is 0 Å². The number of benzene rings is 2. The summed E-state index contributed by atoms with van der Waals surface area (Å²) < 4.78 is 14.9. The minimum Gasteiger partial charge on any atom is -0.323 e. The smallest absolute Gasteiger partial charge is 0.228 e. The standard InChI is InChI=1S/C22H22FN3O/c1-14-21(15(2)26(25-14)13-16-8-10-18(23)11-9-16)24-22(27)20-12-19(20)17-6-4-3-5-7-17/h3-11,19-20H,12-13H2,1-2H3,(H,24,27). The van der Waals surface area contributed by atoms with Gasteiger partial charge in [0.2, 0.25) is 5.91 Å². The number of aryl methyl sites for hydroxylation is 1. The number of hydrogen-bond acceptors (Lipinski definition) is 2. The van der Waals surface area contributed by atoms with Crippen molar-refractivity contribution in [1.82, 2.24) is 9.78 Å². The maximum absolute atomic E-state index is 13.1. The first-order valence-corrected chi connectivity index (χ1v) is 9.17. The van der Waals surface area contributed by atoms with Crippen molar-refractivity contribution in [3.05, 3.63) is 82.9 Å². The first-order chi connectivity index (χ1) is 13.0. The minimum absolute atomic E-state index is 0.0200. The van der Waals surface area contributed by atoms with E-state index in [1.807, 2.05) is 36.7 Å². The Balaban J connectivity index is 1.46. The molecular weight excluding hydrogens is 341 g/mol. The highest BCUT2D eigenvalue weighted by atomic mass is 19.1. The van der Waals surface area contributed by atoms with Crippen LogP contribution in [0.2, 0.25) is 0 Å². The maximum Gasteiger partial charge on any atom is 0.228 e. The molecule has 1 amide bonds. The highest BCUT2D eigenvalue weighted by molar-refractivity contribution is 5.96. The molecule has 0 bridgehead atoms. The lowest BCUT2D eigenvalue weighted by atomic mass is 10.1. The molecule has 1 aliphatic carbocycles. The van der Waals surface area contributed by atoms with Crippen LogP contribution in [0, 0.1) is 25.6 Å². The molecule has 1 aliphatic rings. The molecular formula is C22H22FN3O. The van der Waals surface area contributed by atoms with Crippen molar-refractivity contribution in [1.29, 1.82) is 0 Å². The molecule has 1 saturated carbocycles. The van der Waals surface area contributed by atoms with E-state index in [1.165, 1.54) is 17.7 Å². The van der Waals surface area contributed by atoms with Crippen molar-refractivity contribution < 1.29 is 9.18 Å². The average Bonchev–Trinajstić information content (AvgIpc) is 3.43. The van der Waals surface area contributed by atoms with Crippen molar-refractivity contribution >= 4 is 11.6 Å². The van der Waals surface area contributed by atoms with Crippen molar-refractivity contribution in [2.75, 3.05) is 5.32 Å². The van der Waals surface area contributed by atoms with Crippen LogP contribution in [-0.4, -0.2) is 15.7 Å². The van der Waals surface area contributed by atoms with Crippen molar-refractivity contribution in [2.24, 2.45) is 5.92 Å². The molecule has 138 valence electrons. The molecule has 1 heterocycles. The van der Waals surface area contributed by atoms with Gasteiger partial charge < -0.3 is 5.32 Å². The van der Waals surface area contributed by atoms with Gasteiger partial charge in [0.05, 0.1) is 23.6 Å². The summed E-state index contributed by atoms with van der Waals surface area (Å²) in [5, 5.41) is 7.62. The fraction of sp³-hybridized carbons (Fsp3) is 0.273. The predicted octanol–water partition coefficient (Wildman–Crippen LogP) is 4.43. The first kappa shape index (κ1) is 17.5. The Labute approximate surface area is 158 Å². The molecule has 0 saturated heterocycles. The van der Waals surface area contributed by atoms with Crippen LogP contribution in [-0.2, 0) is 11.3 Å². The summed E-state index contributed by atoms with van der Waals surface area (Å²) in [6.45, 7) is 4.38. The van der Waals surface area contributed by atoms with Gasteiger partial charge in [0, 0.05) is 5.92 Å². The van der Waals surface area contributed by atoms with Gasteiger partial charge in [-0.2, -0.15) is 5.10 Å². The van der Waals surface area contributed by atoms with Gasteiger partial charge in [0.25, 0.3) is 0 Å². The van der Waals surface area contributed by atoms with Gasteiger partial charge >= 0.3 is 0 Å². The van der Waals surface area contributed by atoms with E-state index in [-0.39, 0.29) is 17.6 Å². The van der Waals surface area contributed by atoms with E-state index in [2.05, 4.69) is 22.5 Å². The van der Waals surface area contributed by atoms with Gasteiger partial charge in [-0.25, -0.2) is 4.39 Å². The van der Waals surface area contributed by atoms with Crippen LogP contribution in [0.5, 0.6) is 0 Å². The second-order valence-corrected chi connectivity index (χ2v) is 7.18. The number of amides is 1. The quantitative estimate of drug-likeness (QED) is 0.729. The Bertz CT molecular complexity index is 963. The molecule has 1 aromatic heterocycles. The molecule has 0 aliphatic heterocycles. The number of carbonyl (C=O) groups is 1. The number of anilines is 1. The summed E-state index contributed by atoms with van der Waals surface area (Å²) in [4.78, 5) is 12.7. The number of rotatable bonds is 5. The maximum atomic E-state index is 13.1. The third kappa shape index (κ3) is 3.63. The fourth-order valence-corrected chi connectivity index (χ4v) is 3.56. The van der Waals surface area contributed by atoms with E-state index in [1.54, 1.807) is 12.1 Å². The highest BCUT2D eigenvalue weighted by Gasteiger charge is 2.44. The van der Waals surface area contributed by atoms with Crippen LogP contribution in [0.25, 0.3) is 0 Å². The fourth-order valence-electron chi connectivity index (χ4n) is 3.56. The third-order valence-electron chi connectivity index (χ3n) is 5.23. The van der Waals surface area contributed by atoms with Crippen LogP contribution < -0.4 is 5.32 Å². The number of carbonyl (C=O) groups excluding carboxylic acids is 1. The number of halogens is 1. The minimum atomic E-state index is -0.252. The molecule has 2 aromatic carbocycles. The largest absolute Gasteiger partial charge is 0.323 e. The Kier molecular flexibility index (Phi) is 4.52. The van der Waals surface area contributed by atoms with Gasteiger partial charge in [-0.05, 0) is 49.4 Å². The van der Waals surface area contributed by atoms with Crippen LogP contribution in [0.4, 0.5) is 10.1 Å². The van der Waals surface area contributed by atoms with Crippen LogP contribution in [0.1, 0.15) is 34.9 Å². The summed E-state index contributed by atoms with van der Waals surface area (Å²) in [7, 11) is 0. The van der Waals surface area contributed by atoms with Gasteiger partial charge in [-0.15, -0.1) is 0 Å². The van der Waals surface area contributed by atoms with Crippen molar-refractivity contribution in [3.8, 4) is 0 Å². The molecule has 5 heteroatoms. The Morgan fingerprint density at radius 1 is 1.15 bits per heavy atom. The van der Waals surface area contributed by atoms with Gasteiger partial charge in [-0.3, -0.25) is 9.48 Å². The molecule has 4 nitrogen and oxygen atoms in total. The summed E-state index contributed by atoms with van der Waals surface area (Å²) in [6, 6.07) is 16.6. The number of nitrogens with one attached hydrogen (secondary N) is 1. The third-order valence-corrected chi connectivity index (χ3v) is 5.23. The van der Waals surface area contributed by atoms with E-state index in [9.17, 15) is 9.18 Å². The second kappa shape index (κ2) is 6.99. The summed E-state index contributed by atoms with van der Waals surface area (Å²) in [6.07, 6.45) is 0.887. The Morgan fingerprint density at radius 3 is 2.56 bits per heavy atom. The summed E-state index contributed by atoms with van der Waals surface area (Å²) in [5.74, 6) is 0.126. The predicted molar refractivity (Wildman–Crippen MR) is 103 cm³/mol. The number of nitrogens with zero attached hydrogens (tertiary/aromatic N) is 2. The van der Waals surface area contributed by atoms with Gasteiger partial charge in [-0.1, -0.05) is 42.5 Å². The monoisotopic (exact) mass is 363 g/mol. The lowest BCUT2D eigenvalue weighted by Gasteiger charge is -2.07. The summed E-state index contributed by atoms with van der Waals surface area (Å²) >= 11 is 0. The normalized spacial score (nSPS) is 18.3. The molecule has 3 aromatic rings. The molecule has 27 heavy (non-hydrogen) atoms. The average molecular weight is 363 g/mol. The number of aromatic nitrogens is 2. The van der Waals surface area contributed by atoms with Gasteiger partial charge in [0.15, 0.2) is 0 Å². The zero-order chi connectivity index (χ0) is 19.0. The molecule has 4 rings (SSSR count). The second-order valence-electron chi connectivity index (χ2n) is 7.18. The SMILES string of the molecule is Cc1nn(Cc2ccc(F)cc2)c(C)c1NC(=O)C1CC1c1ccccc1.